The largest absolute Gasteiger partial charge is 0.468 e. The first-order valence-electron chi connectivity index (χ1n) is 7.43. The second-order valence-electron chi connectivity index (χ2n) is 5.38. The van der Waals surface area contributed by atoms with E-state index in [4.69, 9.17) is 14.6 Å². The molecule has 148 valence electrons. The Morgan fingerprint density at radius 1 is 1.33 bits per heavy atom. The number of hydrogen-bond acceptors (Lipinski definition) is 7. The van der Waals surface area contributed by atoms with Crippen molar-refractivity contribution in [2.24, 2.45) is 12.2 Å². The van der Waals surface area contributed by atoms with Crippen molar-refractivity contribution in [1.29, 1.82) is 0 Å². The molecule has 0 radical (unpaired) electrons. The molecule has 0 bridgehead atoms. The standard InChI is InChI=1S/C15H18FN3O7S/c1-18-10-6-11(26-8-24-2)15(14(16)9(10)4-5-12(18)20)19(27(17,22)23)7-13(21)25-3/h4-6H,7-8H2,1-3H3,(H2,17,22,23). The summed E-state index contributed by atoms with van der Waals surface area (Å²) in [5.74, 6) is -2.31. The number of methoxy groups -OCH3 is 2. The fourth-order valence-corrected chi connectivity index (χ4v) is 3.09. The van der Waals surface area contributed by atoms with Gasteiger partial charge in [-0.2, -0.15) is 8.42 Å². The van der Waals surface area contributed by atoms with Crippen LogP contribution in [0, 0.1) is 5.82 Å². The lowest BCUT2D eigenvalue weighted by atomic mass is 10.1. The van der Waals surface area contributed by atoms with Crippen LogP contribution in [0.4, 0.5) is 10.1 Å². The Balaban J connectivity index is 2.85. The topological polar surface area (TPSA) is 130 Å². The summed E-state index contributed by atoms with van der Waals surface area (Å²) in [7, 11) is -0.820. The number of fused-ring (bicyclic) bond motifs is 1. The van der Waals surface area contributed by atoms with Gasteiger partial charge in [0.2, 0.25) is 0 Å². The molecule has 0 unspecified atom stereocenters. The third-order valence-corrected chi connectivity index (χ3v) is 4.62. The molecular weight excluding hydrogens is 385 g/mol. The molecule has 0 spiro atoms. The minimum Gasteiger partial charge on any atom is -0.468 e. The second kappa shape index (κ2) is 7.90. The van der Waals surface area contributed by atoms with Crippen LogP contribution in [0.1, 0.15) is 0 Å². The van der Waals surface area contributed by atoms with Gasteiger partial charge in [0, 0.05) is 31.7 Å². The number of halogens is 1. The number of anilines is 1. The summed E-state index contributed by atoms with van der Waals surface area (Å²) in [4.78, 5) is 23.4. The molecule has 2 rings (SSSR count). The van der Waals surface area contributed by atoms with Crippen molar-refractivity contribution >= 4 is 32.8 Å². The summed E-state index contributed by atoms with van der Waals surface area (Å²) in [6.45, 7) is -1.23. The van der Waals surface area contributed by atoms with Gasteiger partial charge in [-0.25, -0.2) is 13.8 Å². The number of pyridine rings is 1. The maximum atomic E-state index is 15.3. The van der Waals surface area contributed by atoms with E-state index in [1.54, 1.807) is 0 Å². The Morgan fingerprint density at radius 3 is 2.56 bits per heavy atom. The van der Waals surface area contributed by atoms with Crippen molar-refractivity contribution < 1.29 is 31.8 Å². The van der Waals surface area contributed by atoms with Gasteiger partial charge in [-0.15, -0.1) is 0 Å². The first kappa shape index (κ1) is 20.6. The van der Waals surface area contributed by atoms with Gasteiger partial charge >= 0.3 is 5.97 Å². The molecule has 0 aliphatic rings. The Labute approximate surface area is 154 Å². The Bertz CT molecular complexity index is 1040. The molecule has 2 aromatic rings. The predicted molar refractivity (Wildman–Crippen MR) is 94.1 cm³/mol. The van der Waals surface area contributed by atoms with Gasteiger partial charge in [-0.3, -0.25) is 9.59 Å². The lowest BCUT2D eigenvalue weighted by molar-refractivity contribution is -0.138. The van der Waals surface area contributed by atoms with E-state index in [0.29, 0.717) is 4.31 Å². The molecule has 0 fully saturated rings. The van der Waals surface area contributed by atoms with E-state index < -0.39 is 39.8 Å². The van der Waals surface area contributed by atoms with E-state index >= 15 is 4.39 Å². The lowest BCUT2D eigenvalue weighted by Gasteiger charge is -2.24. The first-order valence-corrected chi connectivity index (χ1v) is 8.93. The number of esters is 1. The SMILES string of the molecule is COCOc1cc2c(ccc(=O)n2C)c(F)c1N(CC(=O)OC)S(N)(=O)=O. The number of rotatable bonds is 7. The number of benzene rings is 1. The van der Waals surface area contributed by atoms with E-state index in [2.05, 4.69) is 4.74 Å². The van der Waals surface area contributed by atoms with Crippen LogP contribution in [0.5, 0.6) is 5.75 Å². The maximum absolute atomic E-state index is 15.3. The Hall–Kier alpha value is -2.70. The normalized spacial score (nSPS) is 11.4. The minimum atomic E-state index is -4.58. The third kappa shape index (κ3) is 4.18. The summed E-state index contributed by atoms with van der Waals surface area (Å²) < 4.78 is 55.2. The zero-order valence-corrected chi connectivity index (χ0v) is 15.6. The Morgan fingerprint density at radius 2 is 2.00 bits per heavy atom. The van der Waals surface area contributed by atoms with Gasteiger partial charge in [-0.05, 0) is 6.07 Å². The number of nitrogens with two attached hydrogens (primary N) is 1. The van der Waals surface area contributed by atoms with Crippen molar-refractivity contribution in [1.82, 2.24) is 4.57 Å². The number of aryl methyl sites for hydroxylation is 1. The highest BCUT2D eigenvalue weighted by Crippen LogP contribution is 2.37. The molecule has 1 heterocycles. The minimum absolute atomic E-state index is 0.0737. The summed E-state index contributed by atoms with van der Waals surface area (Å²) in [5.41, 5.74) is -0.876. The van der Waals surface area contributed by atoms with Gasteiger partial charge in [0.05, 0.1) is 12.6 Å². The molecule has 1 aromatic carbocycles. The van der Waals surface area contributed by atoms with E-state index in [1.807, 2.05) is 0 Å². The van der Waals surface area contributed by atoms with Crippen LogP contribution in [0.3, 0.4) is 0 Å². The molecule has 10 nitrogen and oxygen atoms in total. The monoisotopic (exact) mass is 403 g/mol. The molecular formula is C15H18FN3O7S. The fourth-order valence-electron chi connectivity index (χ4n) is 2.38. The number of ether oxygens (including phenoxy) is 3. The molecule has 27 heavy (non-hydrogen) atoms. The smallest absolute Gasteiger partial charge is 0.326 e. The molecule has 12 heteroatoms. The number of hydrogen-bond donors (Lipinski definition) is 1. The van der Waals surface area contributed by atoms with Gasteiger partial charge in [-0.1, -0.05) is 0 Å². The highest BCUT2D eigenvalue weighted by atomic mass is 32.2. The van der Waals surface area contributed by atoms with Crippen molar-refractivity contribution in [3.63, 3.8) is 0 Å². The first-order chi connectivity index (χ1) is 12.6. The van der Waals surface area contributed by atoms with Crippen LogP contribution in [-0.4, -0.2) is 46.5 Å². The average Bonchev–Trinajstić information content (AvgIpc) is 2.60. The molecule has 0 aliphatic heterocycles. The average molecular weight is 403 g/mol. The molecule has 0 saturated carbocycles. The van der Waals surface area contributed by atoms with Crippen molar-refractivity contribution in [2.45, 2.75) is 0 Å². The van der Waals surface area contributed by atoms with Crippen LogP contribution in [0.2, 0.25) is 0 Å². The summed E-state index contributed by atoms with van der Waals surface area (Å²) in [6, 6.07) is 3.56. The highest BCUT2D eigenvalue weighted by Gasteiger charge is 2.30. The van der Waals surface area contributed by atoms with Crippen LogP contribution in [0.25, 0.3) is 10.9 Å². The molecule has 0 saturated heterocycles. The van der Waals surface area contributed by atoms with E-state index in [9.17, 15) is 18.0 Å². The van der Waals surface area contributed by atoms with Gasteiger partial charge < -0.3 is 18.8 Å². The zero-order valence-electron chi connectivity index (χ0n) is 14.8. The van der Waals surface area contributed by atoms with Gasteiger partial charge in [0.15, 0.2) is 18.4 Å². The summed E-state index contributed by atoms with van der Waals surface area (Å²) in [6.07, 6.45) is 0. The van der Waals surface area contributed by atoms with E-state index in [0.717, 1.165) is 17.7 Å². The zero-order chi connectivity index (χ0) is 20.4. The van der Waals surface area contributed by atoms with E-state index in [-0.39, 0.29) is 23.4 Å². The number of aromatic nitrogens is 1. The van der Waals surface area contributed by atoms with Gasteiger partial charge in [0.1, 0.15) is 12.2 Å². The molecule has 1 aromatic heterocycles. The van der Waals surface area contributed by atoms with Crippen molar-refractivity contribution in [2.75, 3.05) is 31.9 Å². The molecule has 0 amide bonds. The molecule has 2 N–H and O–H groups in total. The highest BCUT2D eigenvalue weighted by molar-refractivity contribution is 7.90. The van der Waals surface area contributed by atoms with E-state index in [1.165, 1.54) is 26.3 Å². The maximum Gasteiger partial charge on any atom is 0.326 e. The third-order valence-electron chi connectivity index (χ3n) is 3.70. The van der Waals surface area contributed by atoms with Crippen LogP contribution in [0.15, 0.2) is 23.0 Å². The number of nitrogens with zero attached hydrogens (tertiary/aromatic N) is 2. The number of carbonyl (C=O) groups is 1. The van der Waals surface area contributed by atoms with Crippen LogP contribution < -0.4 is 19.7 Å². The quantitative estimate of drug-likeness (QED) is 0.502. The van der Waals surface area contributed by atoms with Crippen LogP contribution in [-0.2, 0) is 31.5 Å². The molecule has 0 atom stereocenters. The second-order valence-corrected chi connectivity index (χ2v) is 6.85. The number of carbonyl (C=O) groups excluding carboxylic acids is 1. The predicted octanol–water partition coefficient (Wildman–Crippen LogP) is -0.157. The summed E-state index contributed by atoms with van der Waals surface area (Å²) in [5, 5.41) is 5.09. The Kier molecular flexibility index (Phi) is 6.03. The lowest BCUT2D eigenvalue weighted by Crippen LogP contribution is -2.41. The van der Waals surface area contributed by atoms with Gasteiger partial charge in [0.25, 0.3) is 15.8 Å². The summed E-state index contributed by atoms with van der Waals surface area (Å²) >= 11 is 0. The van der Waals surface area contributed by atoms with Crippen molar-refractivity contribution in [3.05, 3.63) is 34.4 Å². The molecule has 0 aliphatic carbocycles. The van der Waals surface area contributed by atoms with Crippen molar-refractivity contribution in [3.8, 4) is 5.75 Å². The van der Waals surface area contributed by atoms with Crippen LogP contribution >= 0.6 is 0 Å². The fraction of sp³-hybridized carbons (Fsp3) is 0.333.